The Morgan fingerprint density at radius 1 is 1.64 bits per heavy atom. The summed E-state index contributed by atoms with van der Waals surface area (Å²) in [4.78, 5) is 2.03. The second-order valence-corrected chi connectivity index (χ2v) is 3.43. The normalized spacial score (nSPS) is 33.0. The molecule has 0 radical (unpaired) electrons. The van der Waals surface area contributed by atoms with Crippen LogP contribution in [0.25, 0.3) is 0 Å². The Kier molecular flexibility index (Phi) is 2.84. The molecule has 3 heteroatoms. The van der Waals surface area contributed by atoms with E-state index in [1.165, 1.54) is 0 Å². The number of hydrogen-bond acceptors (Lipinski definition) is 2. The summed E-state index contributed by atoms with van der Waals surface area (Å²) in [6.45, 7) is 3.23. The molecule has 0 bridgehead atoms. The van der Waals surface area contributed by atoms with Crippen LogP contribution in [0.4, 0.5) is 4.39 Å². The van der Waals surface area contributed by atoms with E-state index in [0.29, 0.717) is 6.54 Å². The van der Waals surface area contributed by atoms with Crippen LogP contribution in [0.2, 0.25) is 0 Å². The van der Waals surface area contributed by atoms with Gasteiger partial charge >= 0.3 is 0 Å². The van der Waals surface area contributed by atoms with Gasteiger partial charge in [-0.3, -0.25) is 4.90 Å². The van der Waals surface area contributed by atoms with Crippen molar-refractivity contribution in [3.05, 3.63) is 0 Å². The quantitative estimate of drug-likeness (QED) is 0.662. The van der Waals surface area contributed by atoms with E-state index in [9.17, 15) is 4.39 Å². The lowest BCUT2D eigenvalue weighted by Gasteiger charge is -2.32. The van der Waals surface area contributed by atoms with Crippen molar-refractivity contribution >= 4 is 0 Å². The smallest absolute Gasteiger partial charge is 0.102 e. The van der Waals surface area contributed by atoms with Gasteiger partial charge in [0.2, 0.25) is 0 Å². The molecule has 0 amide bonds. The fourth-order valence-electron chi connectivity index (χ4n) is 1.74. The van der Waals surface area contributed by atoms with Crippen molar-refractivity contribution in [3.63, 3.8) is 0 Å². The van der Waals surface area contributed by atoms with Crippen LogP contribution in [0.15, 0.2) is 0 Å². The molecular weight excluding hydrogens is 145 g/mol. The highest BCUT2D eigenvalue weighted by Crippen LogP contribution is 2.27. The van der Waals surface area contributed by atoms with E-state index in [4.69, 9.17) is 5.11 Å². The van der Waals surface area contributed by atoms with Gasteiger partial charge in [0, 0.05) is 12.1 Å². The number of halogens is 1. The third kappa shape index (κ3) is 1.71. The summed E-state index contributed by atoms with van der Waals surface area (Å²) in [5, 5.41) is 9.06. The number of aliphatic hydroxyl groups excluding tert-OH is 1. The summed E-state index contributed by atoms with van der Waals surface area (Å²) in [6.07, 6.45) is 2.07. The lowest BCUT2D eigenvalue weighted by Crippen LogP contribution is -2.45. The minimum Gasteiger partial charge on any atom is -0.394 e. The van der Waals surface area contributed by atoms with Crippen LogP contribution in [-0.4, -0.2) is 41.9 Å². The van der Waals surface area contributed by atoms with Crippen LogP contribution < -0.4 is 0 Å². The van der Waals surface area contributed by atoms with Gasteiger partial charge in [-0.25, -0.2) is 4.39 Å². The van der Waals surface area contributed by atoms with E-state index >= 15 is 0 Å². The van der Waals surface area contributed by atoms with Crippen LogP contribution in [0, 0.1) is 0 Å². The molecule has 0 aromatic rings. The fourth-order valence-corrected chi connectivity index (χ4v) is 1.74. The number of likely N-dealkylation sites (tertiary alicyclic amines) is 1. The van der Waals surface area contributed by atoms with Crippen LogP contribution in [0.3, 0.4) is 0 Å². The van der Waals surface area contributed by atoms with Crippen molar-refractivity contribution in [2.75, 3.05) is 26.4 Å². The highest BCUT2D eigenvalue weighted by Gasteiger charge is 2.35. The Morgan fingerprint density at radius 2 is 2.36 bits per heavy atom. The molecule has 1 aliphatic heterocycles. The molecule has 1 rings (SSSR count). The van der Waals surface area contributed by atoms with Crippen LogP contribution in [-0.2, 0) is 0 Å². The van der Waals surface area contributed by atoms with Gasteiger partial charge in [-0.2, -0.15) is 0 Å². The molecule has 11 heavy (non-hydrogen) atoms. The summed E-state index contributed by atoms with van der Waals surface area (Å²) in [5.41, 5.74) is -0.147. The number of rotatable bonds is 3. The van der Waals surface area contributed by atoms with Gasteiger partial charge in [0.05, 0.1) is 6.61 Å². The van der Waals surface area contributed by atoms with Crippen molar-refractivity contribution in [2.24, 2.45) is 0 Å². The largest absolute Gasteiger partial charge is 0.394 e. The van der Waals surface area contributed by atoms with E-state index in [2.05, 4.69) is 0 Å². The predicted octanol–water partition coefficient (Wildman–Crippen LogP) is 0.803. The third-order valence-corrected chi connectivity index (χ3v) is 2.60. The molecule has 1 saturated heterocycles. The Labute approximate surface area is 67.0 Å². The minimum atomic E-state index is -0.310. The second kappa shape index (κ2) is 3.50. The highest BCUT2D eigenvalue weighted by molar-refractivity contribution is 4.91. The molecule has 1 unspecified atom stereocenters. The lowest BCUT2D eigenvalue weighted by atomic mass is 10.0. The van der Waals surface area contributed by atoms with Crippen LogP contribution in [0.1, 0.15) is 19.8 Å². The molecular formula is C8H16FNO. The van der Waals surface area contributed by atoms with E-state index < -0.39 is 0 Å². The van der Waals surface area contributed by atoms with Gasteiger partial charge < -0.3 is 5.11 Å². The van der Waals surface area contributed by atoms with Crippen LogP contribution >= 0.6 is 0 Å². The molecule has 0 aliphatic carbocycles. The van der Waals surface area contributed by atoms with Gasteiger partial charge in [0.1, 0.15) is 6.67 Å². The average molecular weight is 161 g/mol. The maximum absolute atomic E-state index is 12.0. The number of aliphatic hydroxyl groups is 1. The fraction of sp³-hybridized carbons (Fsp3) is 1.00. The molecule has 1 fully saturated rings. The Balaban J connectivity index is 2.49. The standard InChI is InChI=1S/C8H16FNO/c1-8(7-11)3-2-5-10(8)6-4-9/h11H,2-7H2,1H3. The second-order valence-electron chi connectivity index (χ2n) is 3.43. The molecule has 2 nitrogen and oxygen atoms in total. The van der Waals surface area contributed by atoms with Crippen molar-refractivity contribution in [3.8, 4) is 0 Å². The summed E-state index contributed by atoms with van der Waals surface area (Å²) in [7, 11) is 0. The molecule has 0 spiro atoms. The Morgan fingerprint density at radius 3 is 2.91 bits per heavy atom. The highest BCUT2D eigenvalue weighted by atomic mass is 19.1. The maximum Gasteiger partial charge on any atom is 0.102 e. The van der Waals surface area contributed by atoms with E-state index in [1.54, 1.807) is 0 Å². The lowest BCUT2D eigenvalue weighted by molar-refractivity contribution is 0.0743. The van der Waals surface area contributed by atoms with Crippen molar-refractivity contribution in [1.82, 2.24) is 4.90 Å². The summed E-state index contributed by atoms with van der Waals surface area (Å²) < 4.78 is 12.0. The Hall–Kier alpha value is -0.150. The third-order valence-electron chi connectivity index (χ3n) is 2.60. The van der Waals surface area contributed by atoms with E-state index in [0.717, 1.165) is 19.4 Å². The van der Waals surface area contributed by atoms with Gasteiger partial charge in [-0.05, 0) is 26.3 Å². The predicted molar refractivity (Wildman–Crippen MR) is 42.3 cm³/mol. The number of alkyl halides is 1. The molecule has 1 N–H and O–H groups in total. The first kappa shape index (κ1) is 8.94. The molecule has 1 heterocycles. The zero-order valence-electron chi connectivity index (χ0n) is 7.02. The van der Waals surface area contributed by atoms with E-state index in [1.807, 2.05) is 11.8 Å². The first-order valence-corrected chi connectivity index (χ1v) is 4.15. The molecule has 66 valence electrons. The number of nitrogens with zero attached hydrogens (tertiary/aromatic N) is 1. The molecule has 1 aliphatic rings. The topological polar surface area (TPSA) is 23.5 Å². The number of hydrogen-bond donors (Lipinski definition) is 1. The average Bonchev–Trinajstić information content (AvgIpc) is 2.35. The first-order chi connectivity index (χ1) is 5.23. The monoisotopic (exact) mass is 161 g/mol. The van der Waals surface area contributed by atoms with Crippen molar-refractivity contribution in [2.45, 2.75) is 25.3 Å². The van der Waals surface area contributed by atoms with Gasteiger partial charge in [0.25, 0.3) is 0 Å². The molecule has 1 atom stereocenters. The summed E-state index contributed by atoms with van der Waals surface area (Å²) in [6, 6.07) is 0. The molecule has 0 saturated carbocycles. The maximum atomic E-state index is 12.0. The minimum absolute atomic E-state index is 0.146. The van der Waals surface area contributed by atoms with Gasteiger partial charge in [0.15, 0.2) is 0 Å². The zero-order valence-corrected chi connectivity index (χ0v) is 7.02. The SMILES string of the molecule is CC1(CO)CCCN1CCF. The first-order valence-electron chi connectivity index (χ1n) is 4.15. The Bertz CT molecular complexity index is 131. The molecule has 0 aromatic carbocycles. The summed E-state index contributed by atoms with van der Waals surface area (Å²) >= 11 is 0. The van der Waals surface area contributed by atoms with Crippen molar-refractivity contribution < 1.29 is 9.50 Å². The molecule has 0 aromatic heterocycles. The van der Waals surface area contributed by atoms with Crippen molar-refractivity contribution in [1.29, 1.82) is 0 Å². The van der Waals surface area contributed by atoms with Crippen LogP contribution in [0.5, 0.6) is 0 Å². The zero-order chi connectivity index (χ0) is 8.32. The summed E-state index contributed by atoms with van der Waals surface area (Å²) in [5.74, 6) is 0. The van der Waals surface area contributed by atoms with Gasteiger partial charge in [-0.1, -0.05) is 0 Å². The van der Waals surface area contributed by atoms with E-state index in [-0.39, 0.29) is 18.8 Å². The van der Waals surface area contributed by atoms with Gasteiger partial charge in [-0.15, -0.1) is 0 Å².